The minimum Gasteiger partial charge on any atom is -0.325 e. The molecule has 0 aromatic carbocycles. The molecule has 1 aliphatic rings. The number of hydrogen-bond donors (Lipinski definition) is 1. The first kappa shape index (κ1) is 11.1. The predicted octanol–water partition coefficient (Wildman–Crippen LogP) is 2.72. The van der Waals surface area contributed by atoms with E-state index < -0.39 is 0 Å². The van der Waals surface area contributed by atoms with Crippen molar-refractivity contribution in [3.8, 4) is 0 Å². The van der Waals surface area contributed by atoms with Crippen LogP contribution in [0.1, 0.15) is 30.5 Å². The molecule has 1 aliphatic carbocycles. The molecule has 90 valence electrons. The van der Waals surface area contributed by atoms with Gasteiger partial charge in [0.25, 0.3) is 0 Å². The molecule has 2 aromatic heterocycles. The van der Waals surface area contributed by atoms with E-state index in [2.05, 4.69) is 4.98 Å². The average molecular weight is 250 g/mol. The van der Waals surface area contributed by atoms with Gasteiger partial charge in [-0.25, -0.2) is 4.98 Å². The molecule has 2 heterocycles. The zero-order valence-corrected chi connectivity index (χ0v) is 10.7. The quantitative estimate of drug-likeness (QED) is 0.909. The number of nitrogens with zero attached hydrogens (tertiary/aromatic N) is 2. The third kappa shape index (κ3) is 1.94. The number of rotatable bonds is 3. The third-order valence-corrected chi connectivity index (χ3v) is 4.00. The van der Waals surface area contributed by atoms with Gasteiger partial charge in [-0.15, -0.1) is 0 Å². The first-order valence-corrected chi connectivity index (χ1v) is 6.38. The van der Waals surface area contributed by atoms with Crippen LogP contribution >= 0.6 is 11.6 Å². The Bertz CT molecular complexity index is 569. The molecular formula is C13H16ClN3. The summed E-state index contributed by atoms with van der Waals surface area (Å²) in [5.41, 5.74) is 9.23. The lowest BCUT2D eigenvalue weighted by Crippen LogP contribution is -2.22. The molecule has 3 nitrogen and oxygen atoms in total. The zero-order chi connectivity index (χ0) is 12.0. The summed E-state index contributed by atoms with van der Waals surface area (Å²) in [7, 11) is 0. The Labute approximate surface area is 106 Å². The van der Waals surface area contributed by atoms with Crippen molar-refractivity contribution >= 4 is 17.2 Å². The fourth-order valence-electron chi connectivity index (χ4n) is 2.16. The number of halogens is 1. The van der Waals surface area contributed by atoms with Crippen LogP contribution in [0.3, 0.4) is 0 Å². The van der Waals surface area contributed by atoms with Crippen LogP contribution in [0.5, 0.6) is 0 Å². The molecule has 0 atom stereocenters. The minimum atomic E-state index is 0.0637. The Balaban J connectivity index is 1.94. The summed E-state index contributed by atoms with van der Waals surface area (Å²) in [6.07, 6.45) is 6.08. The van der Waals surface area contributed by atoms with E-state index >= 15 is 0 Å². The highest BCUT2D eigenvalue weighted by Crippen LogP contribution is 2.37. The second kappa shape index (κ2) is 3.72. The van der Waals surface area contributed by atoms with E-state index in [0.717, 1.165) is 47.7 Å². The van der Waals surface area contributed by atoms with Crippen LogP contribution in [0, 0.1) is 6.92 Å². The average Bonchev–Trinajstić information content (AvgIpc) is 2.95. The molecule has 2 N–H and O–H groups in total. The smallest absolute Gasteiger partial charge is 0.141 e. The Morgan fingerprint density at radius 1 is 1.53 bits per heavy atom. The maximum Gasteiger partial charge on any atom is 0.141 e. The molecule has 0 saturated heterocycles. The van der Waals surface area contributed by atoms with Crippen LogP contribution in [0.2, 0.25) is 5.15 Å². The van der Waals surface area contributed by atoms with Crippen molar-refractivity contribution in [3.63, 3.8) is 0 Å². The van der Waals surface area contributed by atoms with E-state index in [0.29, 0.717) is 0 Å². The summed E-state index contributed by atoms with van der Waals surface area (Å²) in [6, 6.07) is 4.04. The molecule has 1 fully saturated rings. The van der Waals surface area contributed by atoms with Gasteiger partial charge in [0.05, 0.1) is 5.69 Å². The highest BCUT2D eigenvalue weighted by Gasteiger charge is 2.37. The first-order valence-electron chi connectivity index (χ1n) is 6.00. The van der Waals surface area contributed by atoms with Crippen molar-refractivity contribution in [2.75, 3.05) is 0 Å². The number of imidazole rings is 1. The van der Waals surface area contributed by atoms with Crippen LogP contribution in [-0.2, 0) is 6.42 Å². The number of pyridine rings is 1. The number of aromatic nitrogens is 2. The molecule has 0 aliphatic heterocycles. The van der Waals surface area contributed by atoms with Crippen molar-refractivity contribution in [1.82, 2.24) is 9.38 Å². The van der Waals surface area contributed by atoms with Crippen LogP contribution in [0.4, 0.5) is 0 Å². The van der Waals surface area contributed by atoms with Crippen LogP contribution in [-0.4, -0.2) is 14.9 Å². The standard InChI is InChI=1S/C13H16ClN3/c1-9-3-2-8-17-11(14)10(16-12(9)17)4-5-13(15)6-7-13/h2-3,8H,4-7,15H2,1H3. The van der Waals surface area contributed by atoms with E-state index in [9.17, 15) is 0 Å². The van der Waals surface area contributed by atoms with Crippen molar-refractivity contribution in [2.45, 2.75) is 38.1 Å². The Hall–Kier alpha value is -1.06. The fourth-order valence-corrected chi connectivity index (χ4v) is 2.43. The van der Waals surface area contributed by atoms with Crippen molar-refractivity contribution in [1.29, 1.82) is 0 Å². The van der Waals surface area contributed by atoms with Gasteiger partial charge in [0.1, 0.15) is 10.8 Å². The first-order chi connectivity index (χ1) is 8.09. The highest BCUT2D eigenvalue weighted by molar-refractivity contribution is 6.30. The molecule has 0 bridgehead atoms. The Morgan fingerprint density at radius 2 is 2.29 bits per heavy atom. The Morgan fingerprint density at radius 3 is 2.94 bits per heavy atom. The molecule has 0 amide bonds. The lowest BCUT2D eigenvalue weighted by molar-refractivity contribution is 0.604. The largest absolute Gasteiger partial charge is 0.325 e. The topological polar surface area (TPSA) is 43.3 Å². The molecule has 3 rings (SSSR count). The monoisotopic (exact) mass is 249 g/mol. The highest BCUT2D eigenvalue weighted by atomic mass is 35.5. The van der Waals surface area contributed by atoms with Crippen molar-refractivity contribution in [3.05, 3.63) is 34.7 Å². The third-order valence-electron chi connectivity index (χ3n) is 3.60. The summed E-state index contributed by atoms with van der Waals surface area (Å²) >= 11 is 6.34. The summed E-state index contributed by atoms with van der Waals surface area (Å²) in [5.74, 6) is 0. The normalized spacial score (nSPS) is 17.6. The van der Waals surface area contributed by atoms with Gasteiger partial charge in [0.2, 0.25) is 0 Å². The summed E-state index contributed by atoms with van der Waals surface area (Å²) < 4.78 is 1.95. The minimum absolute atomic E-state index is 0.0637. The number of hydrogen-bond acceptors (Lipinski definition) is 2. The van der Waals surface area contributed by atoms with Gasteiger partial charge in [-0.1, -0.05) is 17.7 Å². The van der Waals surface area contributed by atoms with Crippen LogP contribution < -0.4 is 5.73 Å². The molecule has 2 aromatic rings. The fraction of sp³-hybridized carbons (Fsp3) is 0.462. The lowest BCUT2D eigenvalue weighted by Gasteiger charge is -2.05. The summed E-state index contributed by atoms with van der Waals surface area (Å²) in [4.78, 5) is 4.62. The Kier molecular flexibility index (Phi) is 2.42. The number of nitrogens with two attached hydrogens (primary N) is 1. The summed E-state index contributed by atoms with van der Waals surface area (Å²) in [5, 5.41) is 0.730. The van der Waals surface area contributed by atoms with Crippen LogP contribution in [0.25, 0.3) is 5.65 Å². The van der Waals surface area contributed by atoms with E-state index in [4.69, 9.17) is 17.3 Å². The molecule has 0 radical (unpaired) electrons. The van der Waals surface area contributed by atoms with Gasteiger partial charge in [0.15, 0.2) is 0 Å². The van der Waals surface area contributed by atoms with Crippen molar-refractivity contribution < 1.29 is 0 Å². The van der Waals surface area contributed by atoms with Gasteiger partial charge in [-0.05, 0) is 44.2 Å². The molecule has 17 heavy (non-hydrogen) atoms. The van der Waals surface area contributed by atoms with E-state index in [1.165, 1.54) is 0 Å². The van der Waals surface area contributed by atoms with Crippen LogP contribution in [0.15, 0.2) is 18.3 Å². The number of aryl methyl sites for hydroxylation is 2. The van der Waals surface area contributed by atoms with Crippen molar-refractivity contribution in [2.24, 2.45) is 5.73 Å². The summed E-state index contributed by atoms with van der Waals surface area (Å²) in [6.45, 7) is 2.05. The molecule has 4 heteroatoms. The van der Waals surface area contributed by atoms with Gasteiger partial charge in [0, 0.05) is 11.7 Å². The van der Waals surface area contributed by atoms with Gasteiger partial charge >= 0.3 is 0 Å². The van der Waals surface area contributed by atoms with Gasteiger partial charge < -0.3 is 5.73 Å². The molecular weight excluding hydrogens is 234 g/mol. The molecule has 1 saturated carbocycles. The maximum atomic E-state index is 6.34. The number of fused-ring (bicyclic) bond motifs is 1. The van der Waals surface area contributed by atoms with E-state index in [1.54, 1.807) is 0 Å². The zero-order valence-electron chi connectivity index (χ0n) is 9.91. The molecule has 0 unspecified atom stereocenters. The van der Waals surface area contributed by atoms with E-state index in [1.807, 2.05) is 29.7 Å². The predicted molar refractivity (Wildman–Crippen MR) is 69.4 cm³/mol. The lowest BCUT2D eigenvalue weighted by atomic mass is 10.1. The SMILES string of the molecule is Cc1cccn2c(Cl)c(CCC3(N)CC3)nc12. The second-order valence-corrected chi connectivity index (χ2v) is 5.45. The van der Waals surface area contributed by atoms with E-state index in [-0.39, 0.29) is 5.54 Å². The molecule has 0 spiro atoms. The maximum absolute atomic E-state index is 6.34. The van der Waals surface area contributed by atoms with Gasteiger partial charge in [-0.3, -0.25) is 4.40 Å². The second-order valence-electron chi connectivity index (χ2n) is 5.10. The van der Waals surface area contributed by atoms with Gasteiger partial charge in [-0.2, -0.15) is 0 Å².